The van der Waals surface area contributed by atoms with Gasteiger partial charge in [-0.1, -0.05) is 30.3 Å². The third-order valence-corrected chi connectivity index (χ3v) is 6.22. The number of aliphatic hydroxyl groups is 2. The van der Waals surface area contributed by atoms with E-state index in [1.165, 1.54) is 0 Å². The number of fused-ring (bicyclic) bond motifs is 2. The maximum Gasteiger partial charge on any atom is 0.316 e. The Balaban J connectivity index is 1.68. The van der Waals surface area contributed by atoms with Gasteiger partial charge in [-0.2, -0.15) is 0 Å². The number of piperidine rings is 1. The van der Waals surface area contributed by atoms with E-state index in [0.717, 1.165) is 29.4 Å². The molecule has 2 fully saturated rings. The van der Waals surface area contributed by atoms with Crippen LogP contribution in [0.4, 0.5) is 0 Å². The summed E-state index contributed by atoms with van der Waals surface area (Å²) in [6, 6.07) is 9.73. The highest BCUT2D eigenvalue weighted by atomic mass is 16.5. The first-order chi connectivity index (χ1) is 11.5. The Morgan fingerprint density at radius 3 is 2.58 bits per heavy atom. The van der Waals surface area contributed by atoms with Crippen LogP contribution in [0, 0.1) is 0 Å². The minimum atomic E-state index is -0.636. The molecule has 0 unspecified atom stereocenters. The van der Waals surface area contributed by atoms with Crippen LogP contribution in [0.2, 0.25) is 0 Å². The number of ether oxygens (including phenoxy) is 1. The molecule has 2 aliphatic rings. The van der Waals surface area contributed by atoms with Crippen molar-refractivity contribution in [2.45, 2.75) is 56.4 Å². The van der Waals surface area contributed by atoms with Crippen LogP contribution >= 0.6 is 0 Å². The number of carbonyl (C=O) groups excluding carboxylic acids is 1. The molecule has 2 saturated heterocycles. The quantitative estimate of drug-likeness (QED) is 0.632. The Hall–Kier alpha value is -1.43. The number of quaternary nitrogens is 1. The third kappa shape index (κ3) is 2.96. The van der Waals surface area contributed by atoms with E-state index in [2.05, 4.69) is 14.0 Å². The summed E-state index contributed by atoms with van der Waals surface area (Å²) in [5.74, 6) is -1.00. The lowest BCUT2D eigenvalue weighted by Gasteiger charge is -2.46. The van der Waals surface area contributed by atoms with E-state index < -0.39 is 5.92 Å². The zero-order valence-corrected chi connectivity index (χ0v) is 14.5. The second-order valence-corrected chi connectivity index (χ2v) is 7.36. The predicted octanol–water partition coefficient (Wildman–Crippen LogP) is 1.44. The normalized spacial score (nSPS) is 36.3. The van der Waals surface area contributed by atoms with Crippen molar-refractivity contribution in [3.8, 4) is 0 Å². The first-order valence-corrected chi connectivity index (χ1v) is 8.88. The molecular weight excluding hydrogens is 306 g/mol. The van der Waals surface area contributed by atoms with Crippen molar-refractivity contribution in [1.82, 2.24) is 0 Å². The number of hydrogen-bond acceptors (Lipinski definition) is 4. The summed E-state index contributed by atoms with van der Waals surface area (Å²) >= 11 is 0. The summed E-state index contributed by atoms with van der Waals surface area (Å²) in [4.78, 5) is 12.5. The highest BCUT2D eigenvalue weighted by Gasteiger charge is 2.56. The van der Waals surface area contributed by atoms with Crippen molar-refractivity contribution >= 4 is 5.97 Å². The predicted molar refractivity (Wildman–Crippen MR) is 90.3 cm³/mol. The summed E-state index contributed by atoms with van der Waals surface area (Å²) in [7, 11) is 2.20. The molecule has 1 aromatic rings. The monoisotopic (exact) mass is 334 g/mol. The molecule has 132 valence electrons. The van der Waals surface area contributed by atoms with E-state index in [1.54, 1.807) is 0 Å². The lowest BCUT2D eigenvalue weighted by molar-refractivity contribution is -0.949. The molecule has 0 aromatic heterocycles. The average molecular weight is 334 g/mol. The van der Waals surface area contributed by atoms with Gasteiger partial charge >= 0.3 is 5.97 Å². The number of carbonyl (C=O) groups is 1. The molecule has 0 radical (unpaired) electrons. The minimum absolute atomic E-state index is 0.135. The van der Waals surface area contributed by atoms with Crippen LogP contribution in [0.3, 0.4) is 0 Å². The lowest BCUT2D eigenvalue weighted by atomic mass is 9.95. The van der Waals surface area contributed by atoms with Gasteiger partial charge in [0.2, 0.25) is 0 Å². The van der Waals surface area contributed by atoms with Gasteiger partial charge in [-0.05, 0) is 12.5 Å². The lowest BCUT2D eigenvalue weighted by Crippen LogP contribution is -2.60. The third-order valence-electron chi connectivity index (χ3n) is 6.22. The number of hydrogen-bond donors (Lipinski definition) is 2. The Labute approximate surface area is 143 Å². The van der Waals surface area contributed by atoms with Crippen molar-refractivity contribution < 1.29 is 24.2 Å². The van der Waals surface area contributed by atoms with Gasteiger partial charge in [-0.3, -0.25) is 4.79 Å². The van der Waals surface area contributed by atoms with Crippen LogP contribution in [0.15, 0.2) is 30.3 Å². The van der Waals surface area contributed by atoms with Crippen LogP contribution < -0.4 is 0 Å². The minimum Gasteiger partial charge on any atom is -0.461 e. The topological polar surface area (TPSA) is 66.8 Å². The molecule has 0 spiro atoms. The molecule has 2 aliphatic heterocycles. The molecule has 2 bridgehead atoms. The van der Waals surface area contributed by atoms with Crippen molar-refractivity contribution in [3.05, 3.63) is 35.9 Å². The molecule has 1 aromatic carbocycles. The Bertz CT molecular complexity index is 578. The fourth-order valence-corrected chi connectivity index (χ4v) is 4.58. The number of aliphatic hydroxyl groups excluding tert-OH is 2. The number of esters is 1. The number of nitrogens with zero attached hydrogens (tertiary/aromatic N) is 1. The van der Waals surface area contributed by atoms with Crippen LogP contribution in [-0.4, -0.2) is 65.2 Å². The zero-order valence-electron chi connectivity index (χ0n) is 14.5. The van der Waals surface area contributed by atoms with E-state index in [0.29, 0.717) is 12.5 Å². The Morgan fingerprint density at radius 2 is 2.00 bits per heavy atom. The molecule has 5 heteroatoms. The molecule has 0 amide bonds. The van der Waals surface area contributed by atoms with E-state index in [1.807, 2.05) is 30.3 Å². The number of benzene rings is 1. The van der Waals surface area contributed by atoms with E-state index >= 15 is 0 Å². The number of likely N-dealkylation sites (N-methyl/N-ethyl adjacent to an activating group) is 1. The van der Waals surface area contributed by atoms with Gasteiger partial charge in [0, 0.05) is 19.3 Å². The summed E-state index contributed by atoms with van der Waals surface area (Å²) in [6.45, 7) is 2.88. The van der Waals surface area contributed by atoms with E-state index in [4.69, 9.17) is 4.74 Å². The second-order valence-electron chi connectivity index (χ2n) is 7.36. The zero-order chi connectivity index (χ0) is 17.3. The van der Waals surface area contributed by atoms with Crippen molar-refractivity contribution in [2.24, 2.45) is 0 Å². The highest BCUT2D eigenvalue weighted by Crippen LogP contribution is 2.42. The first kappa shape index (κ1) is 17.4. The summed E-state index contributed by atoms with van der Waals surface area (Å²) < 4.78 is 6.62. The maximum atomic E-state index is 12.5. The first-order valence-electron chi connectivity index (χ1n) is 8.88. The molecule has 0 saturated carbocycles. The molecule has 6 atom stereocenters. The van der Waals surface area contributed by atoms with Crippen LogP contribution in [0.1, 0.15) is 37.7 Å². The molecule has 0 aliphatic carbocycles. The standard InChI is InChI=1S/C19H28NO4/c1-3-20(2)14-9-15(11-17(20)18(22)10-14)24-19(23)16(12-21)13-7-5-4-6-8-13/h4-8,14-18,21-22H,3,9-12H2,1-2H3/q+1/t14-,15-,16-,17-,18-,20-/m0/s1. The molecule has 5 nitrogen and oxygen atoms in total. The summed E-state index contributed by atoms with van der Waals surface area (Å²) in [5.41, 5.74) is 0.776. The van der Waals surface area contributed by atoms with Gasteiger partial charge in [0.1, 0.15) is 24.2 Å². The van der Waals surface area contributed by atoms with Crippen LogP contribution in [0.25, 0.3) is 0 Å². The SMILES string of the molecule is CC[N@@+]1(C)[C@H]2C[C@H](OC(=O)[C@@H](CO)c3ccccc3)C[C@H]1[C@@H](O)C2. The van der Waals surface area contributed by atoms with Crippen LogP contribution in [-0.2, 0) is 9.53 Å². The van der Waals surface area contributed by atoms with Gasteiger partial charge in [0.05, 0.1) is 26.2 Å². The second kappa shape index (κ2) is 6.82. The van der Waals surface area contributed by atoms with Gasteiger partial charge < -0.3 is 19.4 Å². The molecule has 2 heterocycles. The fraction of sp³-hybridized carbons (Fsp3) is 0.632. The molecular formula is C19H28NO4+. The number of rotatable bonds is 5. The van der Waals surface area contributed by atoms with Crippen molar-refractivity contribution in [2.75, 3.05) is 20.2 Å². The smallest absolute Gasteiger partial charge is 0.316 e. The van der Waals surface area contributed by atoms with Crippen LogP contribution in [0.5, 0.6) is 0 Å². The molecule has 24 heavy (non-hydrogen) atoms. The molecule has 3 rings (SSSR count). The van der Waals surface area contributed by atoms with E-state index in [9.17, 15) is 15.0 Å². The maximum absolute atomic E-state index is 12.5. The largest absolute Gasteiger partial charge is 0.461 e. The van der Waals surface area contributed by atoms with Gasteiger partial charge in [0.25, 0.3) is 0 Å². The highest BCUT2D eigenvalue weighted by molar-refractivity contribution is 5.78. The van der Waals surface area contributed by atoms with Crippen molar-refractivity contribution in [1.29, 1.82) is 0 Å². The average Bonchev–Trinajstić information content (AvgIpc) is 2.71. The molecule has 2 N–H and O–H groups in total. The van der Waals surface area contributed by atoms with Gasteiger partial charge in [0.15, 0.2) is 0 Å². The summed E-state index contributed by atoms with van der Waals surface area (Å²) in [6.07, 6.45) is 1.79. The fourth-order valence-electron chi connectivity index (χ4n) is 4.58. The summed E-state index contributed by atoms with van der Waals surface area (Å²) in [5, 5.41) is 20.0. The van der Waals surface area contributed by atoms with Crippen molar-refractivity contribution in [3.63, 3.8) is 0 Å². The van der Waals surface area contributed by atoms with Gasteiger partial charge in [-0.25, -0.2) is 0 Å². The Morgan fingerprint density at radius 1 is 1.29 bits per heavy atom. The Kier molecular flexibility index (Phi) is 4.95. The van der Waals surface area contributed by atoms with E-state index in [-0.39, 0.29) is 30.8 Å². The van der Waals surface area contributed by atoms with Gasteiger partial charge in [-0.15, -0.1) is 0 Å².